The molecule has 0 aromatic heterocycles. The monoisotopic (exact) mass is 209 g/mol. The molecule has 3 nitrogen and oxygen atoms in total. The Kier molecular flexibility index (Phi) is 4.71. The maximum atomic E-state index is 12.6. The van der Waals surface area contributed by atoms with Crippen LogP contribution < -0.4 is 5.73 Å². The minimum absolute atomic E-state index is 0.359. The van der Waals surface area contributed by atoms with Gasteiger partial charge < -0.3 is 15.2 Å². The van der Waals surface area contributed by atoms with Crippen molar-refractivity contribution in [3.05, 3.63) is 0 Å². The molecule has 0 amide bonds. The first-order valence-corrected chi connectivity index (χ1v) is 4.87. The van der Waals surface area contributed by atoms with Crippen LogP contribution in [0.5, 0.6) is 0 Å². The topological polar surface area (TPSA) is 44.5 Å². The lowest BCUT2D eigenvalue weighted by molar-refractivity contribution is -0.0823. The Morgan fingerprint density at radius 2 is 2.00 bits per heavy atom. The molecular formula is C9H17F2NO2. The Balaban J connectivity index is 2.08. The van der Waals surface area contributed by atoms with Gasteiger partial charge in [-0.15, -0.1) is 0 Å². The molecule has 1 saturated heterocycles. The van der Waals surface area contributed by atoms with Gasteiger partial charge in [0, 0.05) is 19.8 Å². The molecule has 1 rings (SSSR count). The Morgan fingerprint density at radius 3 is 2.57 bits per heavy atom. The molecule has 2 N–H and O–H groups in total. The standard InChI is InChI=1S/C9H17F2NO2/c10-9(11,6-12)7-14-5-8-1-3-13-4-2-8/h8H,1-7,12H2. The van der Waals surface area contributed by atoms with Crippen molar-refractivity contribution in [3.8, 4) is 0 Å². The van der Waals surface area contributed by atoms with Gasteiger partial charge in [-0.05, 0) is 18.8 Å². The lowest BCUT2D eigenvalue weighted by Crippen LogP contribution is -2.34. The predicted molar refractivity (Wildman–Crippen MR) is 48.4 cm³/mol. The molecule has 0 radical (unpaired) electrons. The molecule has 0 aromatic rings. The van der Waals surface area contributed by atoms with E-state index in [-0.39, 0.29) is 0 Å². The van der Waals surface area contributed by atoms with Crippen molar-refractivity contribution >= 4 is 0 Å². The number of hydrogen-bond acceptors (Lipinski definition) is 3. The molecule has 5 heteroatoms. The fourth-order valence-corrected chi connectivity index (χ4v) is 1.35. The van der Waals surface area contributed by atoms with Crippen molar-refractivity contribution in [1.29, 1.82) is 0 Å². The van der Waals surface area contributed by atoms with E-state index in [0.717, 1.165) is 12.8 Å². The zero-order chi connectivity index (χ0) is 10.4. The summed E-state index contributed by atoms with van der Waals surface area (Å²) in [5, 5.41) is 0. The molecule has 14 heavy (non-hydrogen) atoms. The first-order valence-electron chi connectivity index (χ1n) is 4.87. The van der Waals surface area contributed by atoms with Gasteiger partial charge in [0.25, 0.3) is 5.92 Å². The van der Waals surface area contributed by atoms with Gasteiger partial charge in [0.05, 0.1) is 6.54 Å². The summed E-state index contributed by atoms with van der Waals surface area (Å²) in [6.07, 6.45) is 1.79. The van der Waals surface area contributed by atoms with E-state index in [4.69, 9.17) is 15.2 Å². The van der Waals surface area contributed by atoms with Gasteiger partial charge in [-0.3, -0.25) is 0 Å². The third-order valence-corrected chi connectivity index (χ3v) is 2.31. The molecule has 0 aromatic carbocycles. The van der Waals surface area contributed by atoms with E-state index in [9.17, 15) is 8.78 Å². The summed E-state index contributed by atoms with van der Waals surface area (Å²) >= 11 is 0. The highest BCUT2D eigenvalue weighted by Gasteiger charge is 2.27. The smallest absolute Gasteiger partial charge is 0.282 e. The summed E-state index contributed by atoms with van der Waals surface area (Å²) < 4.78 is 35.4. The van der Waals surface area contributed by atoms with E-state index >= 15 is 0 Å². The van der Waals surface area contributed by atoms with Crippen LogP contribution in [0.15, 0.2) is 0 Å². The third kappa shape index (κ3) is 4.30. The first-order chi connectivity index (χ1) is 6.64. The van der Waals surface area contributed by atoms with Crippen LogP contribution >= 0.6 is 0 Å². The Labute approximate surface area is 82.6 Å². The Bertz CT molecular complexity index is 161. The van der Waals surface area contributed by atoms with Crippen molar-refractivity contribution in [1.82, 2.24) is 0 Å². The molecule has 84 valence electrons. The van der Waals surface area contributed by atoms with E-state index in [0.29, 0.717) is 25.7 Å². The van der Waals surface area contributed by atoms with Crippen LogP contribution in [0.25, 0.3) is 0 Å². The fraction of sp³-hybridized carbons (Fsp3) is 1.00. The second-order valence-electron chi connectivity index (χ2n) is 3.63. The quantitative estimate of drug-likeness (QED) is 0.735. The van der Waals surface area contributed by atoms with Gasteiger partial charge in [0.15, 0.2) is 0 Å². The summed E-state index contributed by atoms with van der Waals surface area (Å²) in [6.45, 7) is 0.587. The molecule has 1 heterocycles. The second kappa shape index (κ2) is 5.58. The van der Waals surface area contributed by atoms with E-state index in [2.05, 4.69) is 0 Å². The van der Waals surface area contributed by atoms with E-state index in [1.165, 1.54) is 0 Å². The van der Waals surface area contributed by atoms with Gasteiger partial charge >= 0.3 is 0 Å². The molecule has 0 aliphatic carbocycles. The Morgan fingerprint density at radius 1 is 1.36 bits per heavy atom. The van der Waals surface area contributed by atoms with Crippen LogP contribution in [0.3, 0.4) is 0 Å². The van der Waals surface area contributed by atoms with Crippen LogP contribution in [0.4, 0.5) is 8.78 Å². The molecule has 0 unspecified atom stereocenters. The van der Waals surface area contributed by atoms with Crippen molar-refractivity contribution in [3.63, 3.8) is 0 Å². The highest BCUT2D eigenvalue weighted by Crippen LogP contribution is 2.17. The van der Waals surface area contributed by atoms with E-state index in [1.54, 1.807) is 0 Å². The minimum Gasteiger partial charge on any atom is -0.381 e. The van der Waals surface area contributed by atoms with Gasteiger partial charge in [0.1, 0.15) is 6.61 Å². The van der Waals surface area contributed by atoms with E-state index < -0.39 is 19.1 Å². The number of halogens is 2. The largest absolute Gasteiger partial charge is 0.381 e. The number of hydrogen-bond donors (Lipinski definition) is 1. The molecule has 0 spiro atoms. The number of alkyl halides is 2. The Hall–Kier alpha value is -0.260. The number of nitrogens with two attached hydrogens (primary N) is 1. The summed E-state index contributed by atoms with van der Waals surface area (Å²) in [5.41, 5.74) is 4.88. The molecule has 1 fully saturated rings. The highest BCUT2D eigenvalue weighted by molar-refractivity contribution is 4.67. The summed E-state index contributed by atoms with van der Waals surface area (Å²) in [4.78, 5) is 0. The summed E-state index contributed by atoms with van der Waals surface area (Å²) in [5.74, 6) is -2.53. The van der Waals surface area contributed by atoms with E-state index in [1.807, 2.05) is 0 Å². The maximum Gasteiger partial charge on any atom is 0.282 e. The average molecular weight is 209 g/mol. The summed E-state index contributed by atoms with van der Waals surface area (Å²) in [7, 11) is 0. The number of rotatable bonds is 5. The van der Waals surface area contributed by atoms with Gasteiger partial charge in [0.2, 0.25) is 0 Å². The van der Waals surface area contributed by atoms with Crippen molar-refractivity contribution in [2.75, 3.05) is 33.0 Å². The molecular weight excluding hydrogens is 192 g/mol. The molecule has 0 saturated carbocycles. The SMILES string of the molecule is NCC(F)(F)COCC1CCOCC1. The van der Waals surface area contributed by atoms with Crippen LogP contribution in [0.1, 0.15) is 12.8 Å². The molecule has 1 aliphatic heterocycles. The highest BCUT2D eigenvalue weighted by atomic mass is 19.3. The predicted octanol–water partition coefficient (Wildman–Crippen LogP) is 1.02. The first kappa shape index (κ1) is 11.8. The van der Waals surface area contributed by atoms with Crippen molar-refractivity contribution in [2.45, 2.75) is 18.8 Å². The summed E-state index contributed by atoms with van der Waals surface area (Å²) in [6, 6.07) is 0. The van der Waals surface area contributed by atoms with Gasteiger partial charge in [-0.1, -0.05) is 0 Å². The second-order valence-corrected chi connectivity index (χ2v) is 3.63. The maximum absolute atomic E-state index is 12.6. The lowest BCUT2D eigenvalue weighted by atomic mass is 10.0. The van der Waals surface area contributed by atoms with Gasteiger partial charge in [-0.2, -0.15) is 0 Å². The molecule has 1 aliphatic rings. The third-order valence-electron chi connectivity index (χ3n) is 2.31. The number of ether oxygens (including phenoxy) is 2. The van der Waals surface area contributed by atoms with Crippen LogP contribution in [0.2, 0.25) is 0 Å². The minimum atomic E-state index is -2.88. The zero-order valence-corrected chi connectivity index (χ0v) is 8.18. The van der Waals surface area contributed by atoms with Crippen LogP contribution in [-0.4, -0.2) is 38.9 Å². The average Bonchev–Trinajstić information content (AvgIpc) is 2.19. The zero-order valence-electron chi connectivity index (χ0n) is 8.18. The molecule has 0 bridgehead atoms. The lowest BCUT2D eigenvalue weighted by Gasteiger charge is -2.23. The van der Waals surface area contributed by atoms with Crippen LogP contribution in [-0.2, 0) is 9.47 Å². The van der Waals surface area contributed by atoms with Gasteiger partial charge in [-0.25, -0.2) is 8.78 Å². The fourth-order valence-electron chi connectivity index (χ4n) is 1.35. The van der Waals surface area contributed by atoms with Crippen LogP contribution in [0, 0.1) is 5.92 Å². The van der Waals surface area contributed by atoms with Crippen molar-refractivity contribution < 1.29 is 18.3 Å². The normalized spacial score (nSPS) is 19.9. The van der Waals surface area contributed by atoms with Crippen molar-refractivity contribution in [2.24, 2.45) is 11.7 Å². The molecule has 0 atom stereocenters.